The summed E-state index contributed by atoms with van der Waals surface area (Å²) in [6, 6.07) is 0. The minimum absolute atomic E-state index is 0.0256. The second kappa shape index (κ2) is 15.1. The molecule has 0 aromatic heterocycles. The maximum atomic E-state index is 10.8. The standard InChI is InChI=1S/C25H48O10P2S2/c1-15(2)8-9-20-22(11-18(6)31-20)34-36(26,38)29-14-25-23(12-19(7)33-25)35-37(27,39)28-13-24-21(30-16(3)4)10-17(5)32-24/h15-25H,8-14H2,1-7H3,(H,26,38)(H,27,39)/t17-,18-,19-,20+,21?,22?,23?,24+,25+,36?,37?/m0/s1. The highest BCUT2D eigenvalue weighted by atomic mass is 32.5. The highest BCUT2D eigenvalue weighted by molar-refractivity contribution is 8.07. The number of ether oxygens (including phenoxy) is 4. The molecule has 3 fully saturated rings. The van der Waals surface area contributed by atoms with Crippen molar-refractivity contribution in [1.29, 1.82) is 0 Å². The molecule has 5 unspecified atom stereocenters. The molecule has 3 aliphatic heterocycles. The number of hydrogen-bond acceptors (Lipinski definition) is 10. The Bertz CT molecular complexity index is 865. The van der Waals surface area contributed by atoms with Crippen LogP contribution in [0.2, 0.25) is 0 Å². The van der Waals surface area contributed by atoms with Gasteiger partial charge in [-0.1, -0.05) is 13.8 Å². The molecule has 39 heavy (non-hydrogen) atoms. The Morgan fingerprint density at radius 2 is 1.13 bits per heavy atom. The van der Waals surface area contributed by atoms with Crippen molar-refractivity contribution < 1.29 is 46.8 Å². The summed E-state index contributed by atoms with van der Waals surface area (Å²) in [5, 5.41) is 0. The SMILES string of the molecule is CC(C)CC[C@H]1O[C@@H](C)CC1OP(O)(=S)OC[C@H]1O[C@@H](C)CC1OP(O)(=S)OC[C@H]1O[C@@H](C)CC1OC(C)C. The van der Waals surface area contributed by atoms with Gasteiger partial charge >= 0.3 is 13.4 Å². The molecule has 0 radical (unpaired) electrons. The Balaban J connectivity index is 1.51. The van der Waals surface area contributed by atoms with Crippen LogP contribution >= 0.6 is 13.4 Å². The van der Waals surface area contributed by atoms with Gasteiger partial charge < -0.3 is 46.8 Å². The van der Waals surface area contributed by atoms with Crippen molar-refractivity contribution in [2.75, 3.05) is 13.2 Å². The van der Waals surface area contributed by atoms with Crippen molar-refractivity contribution in [3.63, 3.8) is 0 Å². The molecule has 230 valence electrons. The number of rotatable bonds is 15. The molecule has 0 amide bonds. The van der Waals surface area contributed by atoms with E-state index in [-0.39, 0.29) is 62.0 Å². The van der Waals surface area contributed by atoms with E-state index in [1.807, 2.05) is 34.6 Å². The van der Waals surface area contributed by atoms with Gasteiger partial charge in [0.2, 0.25) is 0 Å². The van der Waals surface area contributed by atoms with Crippen LogP contribution in [0.5, 0.6) is 0 Å². The van der Waals surface area contributed by atoms with E-state index in [9.17, 15) is 9.79 Å². The van der Waals surface area contributed by atoms with Crippen molar-refractivity contribution in [3.8, 4) is 0 Å². The third-order valence-corrected chi connectivity index (χ3v) is 10.1. The quantitative estimate of drug-likeness (QED) is 0.237. The van der Waals surface area contributed by atoms with Crippen LogP contribution in [0, 0.1) is 5.92 Å². The lowest BCUT2D eigenvalue weighted by Gasteiger charge is -2.28. The zero-order valence-electron chi connectivity index (χ0n) is 24.2. The Morgan fingerprint density at radius 3 is 1.59 bits per heavy atom. The predicted octanol–water partition coefficient (Wildman–Crippen LogP) is 4.99. The average Bonchev–Trinajstić information content (AvgIpc) is 3.44. The zero-order chi connectivity index (χ0) is 29.0. The van der Waals surface area contributed by atoms with Crippen molar-refractivity contribution in [1.82, 2.24) is 0 Å². The van der Waals surface area contributed by atoms with Gasteiger partial charge in [-0.05, 0) is 77.0 Å². The molecule has 0 saturated carbocycles. The fourth-order valence-electron chi connectivity index (χ4n) is 5.26. The van der Waals surface area contributed by atoms with Gasteiger partial charge in [0.25, 0.3) is 0 Å². The molecule has 3 heterocycles. The first kappa shape index (κ1) is 34.4. The van der Waals surface area contributed by atoms with Gasteiger partial charge in [0, 0.05) is 19.3 Å². The second-order valence-electron chi connectivity index (χ2n) is 11.7. The third-order valence-electron chi connectivity index (χ3n) is 6.97. The molecule has 0 aromatic rings. The van der Waals surface area contributed by atoms with Crippen LogP contribution in [-0.2, 0) is 60.7 Å². The normalized spacial score (nSPS) is 38.5. The minimum Gasteiger partial charge on any atom is -0.373 e. The molecule has 14 heteroatoms. The lowest BCUT2D eigenvalue weighted by Crippen LogP contribution is -2.32. The molecule has 11 atom stereocenters. The summed E-state index contributed by atoms with van der Waals surface area (Å²) in [5.41, 5.74) is 0. The maximum absolute atomic E-state index is 10.8. The van der Waals surface area contributed by atoms with E-state index in [0.717, 1.165) is 19.3 Å². The van der Waals surface area contributed by atoms with Crippen molar-refractivity contribution in [3.05, 3.63) is 0 Å². The van der Waals surface area contributed by atoms with E-state index in [2.05, 4.69) is 13.8 Å². The largest absolute Gasteiger partial charge is 0.373 e. The lowest BCUT2D eigenvalue weighted by atomic mass is 10.0. The summed E-state index contributed by atoms with van der Waals surface area (Å²) >= 11 is 10.6. The average molecular weight is 635 g/mol. The van der Waals surface area contributed by atoms with E-state index in [0.29, 0.717) is 18.8 Å². The molecule has 3 saturated heterocycles. The van der Waals surface area contributed by atoms with E-state index in [1.165, 1.54) is 0 Å². The smallest absolute Gasteiger partial charge is 0.324 e. The zero-order valence-corrected chi connectivity index (χ0v) is 27.6. The van der Waals surface area contributed by atoms with Crippen molar-refractivity contribution in [2.24, 2.45) is 5.92 Å². The monoisotopic (exact) mass is 634 g/mol. The molecule has 2 N–H and O–H groups in total. The van der Waals surface area contributed by atoms with E-state index in [4.69, 9.17) is 60.7 Å². The lowest BCUT2D eigenvalue weighted by molar-refractivity contribution is -0.0627. The van der Waals surface area contributed by atoms with E-state index in [1.54, 1.807) is 0 Å². The maximum Gasteiger partial charge on any atom is 0.324 e. The molecule has 0 bridgehead atoms. The predicted molar refractivity (Wildman–Crippen MR) is 156 cm³/mol. The fraction of sp³-hybridized carbons (Fsp3) is 1.00. The van der Waals surface area contributed by atoms with E-state index >= 15 is 0 Å². The Kier molecular flexibility index (Phi) is 13.3. The molecule has 0 spiro atoms. The second-order valence-corrected chi connectivity index (χ2v) is 17.3. The van der Waals surface area contributed by atoms with Gasteiger partial charge in [-0.2, -0.15) is 0 Å². The Morgan fingerprint density at radius 1 is 0.718 bits per heavy atom. The summed E-state index contributed by atoms with van der Waals surface area (Å²) in [6.45, 7) is 6.90. The molecule has 10 nitrogen and oxygen atoms in total. The first-order valence-corrected chi connectivity index (χ1v) is 19.2. The van der Waals surface area contributed by atoms with Crippen LogP contribution in [0.3, 0.4) is 0 Å². The summed E-state index contributed by atoms with van der Waals surface area (Å²) in [4.78, 5) is 21.7. The highest BCUT2D eigenvalue weighted by Crippen LogP contribution is 2.51. The van der Waals surface area contributed by atoms with Crippen LogP contribution in [0.1, 0.15) is 80.6 Å². The molecule has 3 aliphatic rings. The van der Waals surface area contributed by atoms with Gasteiger partial charge in [0.05, 0.1) is 62.0 Å². The first-order chi connectivity index (χ1) is 18.1. The van der Waals surface area contributed by atoms with Gasteiger partial charge in [-0.25, -0.2) is 0 Å². The van der Waals surface area contributed by atoms with Crippen LogP contribution in [0.25, 0.3) is 0 Å². The van der Waals surface area contributed by atoms with E-state index < -0.39 is 25.6 Å². The topological polar surface area (TPSA) is 114 Å². The summed E-state index contributed by atoms with van der Waals surface area (Å²) in [7, 11) is 0. The molecule has 3 rings (SSSR count). The minimum atomic E-state index is -3.62. The molecule has 0 aromatic carbocycles. The summed E-state index contributed by atoms with van der Waals surface area (Å²) in [5.74, 6) is 0.538. The van der Waals surface area contributed by atoms with Crippen LogP contribution in [-0.4, -0.2) is 84.0 Å². The van der Waals surface area contributed by atoms with Crippen molar-refractivity contribution in [2.45, 2.75) is 142 Å². The molecular formula is C25H48O10P2S2. The molecule has 0 aliphatic carbocycles. The van der Waals surface area contributed by atoms with Crippen LogP contribution < -0.4 is 0 Å². The number of hydrogen-bond donors (Lipinski definition) is 2. The third kappa shape index (κ3) is 11.5. The first-order valence-electron chi connectivity index (χ1n) is 14.1. The Hall–Kier alpha value is 0.900. The van der Waals surface area contributed by atoms with Crippen LogP contribution in [0.15, 0.2) is 0 Å². The Labute approximate surface area is 244 Å². The molecular weight excluding hydrogens is 586 g/mol. The van der Waals surface area contributed by atoms with Gasteiger partial charge in [0.1, 0.15) is 12.2 Å². The summed E-state index contributed by atoms with van der Waals surface area (Å²) < 4.78 is 46.9. The summed E-state index contributed by atoms with van der Waals surface area (Å²) in [6.07, 6.45) is 1.48. The fourth-order valence-corrected chi connectivity index (χ4v) is 8.21. The van der Waals surface area contributed by atoms with Gasteiger partial charge in [0.15, 0.2) is 0 Å². The van der Waals surface area contributed by atoms with Gasteiger partial charge in [-0.3, -0.25) is 0 Å². The van der Waals surface area contributed by atoms with Crippen LogP contribution in [0.4, 0.5) is 0 Å². The van der Waals surface area contributed by atoms with Gasteiger partial charge in [-0.15, -0.1) is 0 Å². The van der Waals surface area contributed by atoms with Crippen molar-refractivity contribution >= 4 is 37.1 Å². The highest BCUT2D eigenvalue weighted by Gasteiger charge is 2.42.